The topological polar surface area (TPSA) is 101 Å². The van der Waals surface area contributed by atoms with Gasteiger partial charge in [0, 0.05) is 37.3 Å². The van der Waals surface area contributed by atoms with E-state index >= 15 is 0 Å². The quantitative estimate of drug-likeness (QED) is 0.456. The number of alkyl halides is 2. The van der Waals surface area contributed by atoms with Crippen LogP contribution in [0.25, 0.3) is 5.70 Å². The average molecular weight is 585 g/mol. The van der Waals surface area contributed by atoms with E-state index in [0.29, 0.717) is 48.6 Å². The number of carbonyl (C=O) groups excluding carboxylic acids is 3. The molecular weight excluding hydrogens is 546 g/mol. The minimum absolute atomic E-state index is 0.0366. The number of ether oxygens (including phenoxy) is 2. The highest BCUT2D eigenvalue weighted by Crippen LogP contribution is 2.30. The number of rotatable bonds is 7. The van der Waals surface area contributed by atoms with Gasteiger partial charge in [-0.2, -0.15) is 0 Å². The highest BCUT2D eigenvalue weighted by molar-refractivity contribution is 5.98. The third-order valence-corrected chi connectivity index (χ3v) is 7.50. The summed E-state index contributed by atoms with van der Waals surface area (Å²) in [6, 6.07) is 8.85. The zero-order valence-corrected chi connectivity index (χ0v) is 24.5. The molecule has 0 spiro atoms. The summed E-state index contributed by atoms with van der Waals surface area (Å²) in [5.41, 5.74) is 1.23. The molecule has 1 aromatic heterocycles. The molecule has 1 aromatic carbocycles. The summed E-state index contributed by atoms with van der Waals surface area (Å²) < 4.78 is 40.1. The Labute approximate surface area is 244 Å². The number of halogens is 2. The lowest BCUT2D eigenvalue weighted by atomic mass is 9.88. The van der Waals surface area contributed by atoms with E-state index in [-0.39, 0.29) is 30.2 Å². The first kappa shape index (κ1) is 30.9. The van der Waals surface area contributed by atoms with Gasteiger partial charge in [-0.1, -0.05) is 6.58 Å². The molecular formula is C31H38F2N4O5. The van der Waals surface area contributed by atoms with Crippen molar-refractivity contribution in [1.82, 2.24) is 20.1 Å². The molecule has 2 aliphatic heterocycles. The van der Waals surface area contributed by atoms with Gasteiger partial charge in [-0.15, -0.1) is 0 Å². The number of nitrogens with one attached hydrogen (secondary N) is 1. The molecule has 0 bridgehead atoms. The van der Waals surface area contributed by atoms with Crippen LogP contribution in [0.3, 0.4) is 0 Å². The number of hydrogen-bond acceptors (Lipinski definition) is 7. The molecule has 2 aromatic rings. The van der Waals surface area contributed by atoms with E-state index in [1.807, 2.05) is 0 Å². The van der Waals surface area contributed by atoms with Crippen LogP contribution in [0.5, 0.6) is 5.75 Å². The summed E-state index contributed by atoms with van der Waals surface area (Å²) >= 11 is 0. The SMILES string of the molecule is C=C(c1ccc(C(=O)NC2CCN(C(=O)OC(C)(C)C)CC2(F)F)cn1)N1CCC(C(=O)c2ccc(OC)cc2)CC1. The molecule has 0 radical (unpaired) electrons. The molecule has 3 heterocycles. The number of aromatic nitrogens is 1. The fourth-order valence-corrected chi connectivity index (χ4v) is 5.10. The normalized spacial score (nSPS) is 19.1. The third kappa shape index (κ3) is 7.43. The van der Waals surface area contributed by atoms with Crippen LogP contribution in [0.4, 0.5) is 13.6 Å². The van der Waals surface area contributed by atoms with Crippen LogP contribution in [0.15, 0.2) is 49.2 Å². The number of nitrogens with zero attached hydrogens (tertiary/aromatic N) is 3. The van der Waals surface area contributed by atoms with Gasteiger partial charge in [0.2, 0.25) is 0 Å². The highest BCUT2D eigenvalue weighted by Gasteiger charge is 2.47. The van der Waals surface area contributed by atoms with Crippen molar-refractivity contribution in [3.63, 3.8) is 0 Å². The maximum absolute atomic E-state index is 14.8. The second-order valence-electron chi connectivity index (χ2n) is 11.7. The zero-order chi connectivity index (χ0) is 30.7. The average Bonchev–Trinajstić information content (AvgIpc) is 2.96. The Morgan fingerprint density at radius 1 is 0.976 bits per heavy atom. The number of hydrogen-bond donors (Lipinski definition) is 1. The van der Waals surface area contributed by atoms with E-state index in [0.717, 1.165) is 4.90 Å². The van der Waals surface area contributed by atoms with Crippen LogP contribution < -0.4 is 10.1 Å². The number of carbonyl (C=O) groups is 3. The van der Waals surface area contributed by atoms with Crippen molar-refractivity contribution in [3.8, 4) is 5.75 Å². The first-order valence-electron chi connectivity index (χ1n) is 14.0. The van der Waals surface area contributed by atoms with Crippen LogP contribution in [0, 0.1) is 5.92 Å². The number of likely N-dealkylation sites (tertiary alicyclic amines) is 2. The highest BCUT2D eigenvalue weighted by atomic mass is 19.3. The maximum atomic E-state index is 14.8. The summed E-state index contributed by atoms with van der Waals surface area (Å²) in [4.78, 5) is 45.3. The van der Waals surface area contributed by atoms with E-state index in [2.05, 4.69) is 21.8 Å². The molecule has 2 amide bonds. The molecule has 1 atom stereocenters. The van der Waals surface area contributed by atoms with Crippen LogP contribution in [0.2, 0.25) is 0 Å². The van der Waals surface area contributed by atoms with Gasteiger partial charge in [-0.3, -0.25) is 14.6 Å². The van der Waals surface area contributed by atoms with Crippen molar-refractivity contribution < 1.29 is 32.6 Å². The molecule has 42 heavy (non-hydrogen) atoms. The van der Waals surface area contributed by atoms with E-state index < -0.39 is 36.1 Å². The molecule has 2 fully saturated rings. The minimum atomic E-state index is -3.33. The Morgan fingerprint density at radius 3 is 2.14 bits per heavy atom. The van der Waals surface area contributed by atoms with Crippen molar-refractivity contribution in [3.05, 3.63) is 66.0 Å². The first-order chi connectivity index (χ1) is 19.8. The zero-order valence-electron chi connectivity index (χ0n) is 24.5. The molecule has 226 valence electrons. The molecule has 2 saturated heterocycles. The van der Waals surface area contributed by atoms with Crippen molar-refractivity contribution in [2.24, 2.45) is 5.92 Å². The molecule has 0 aliphatic carbocycles. The lowest BCUT2D eigenvalue weighted by molar-refractivity contribution is -0.0889. The predicted molar refractivity (Wildman–Crippen MR) is 154 cm³/mol. The minimum Gasteiger partial charge on any atom is -0.497 e. The molecule has 1 unspecified atom stereocenters. The monoisotopic (exact) mass is 584 g/mol. The Bertz CT molecular complexity index is 1300. The number of benzene rings is 1. The lowest BCUT2D eigenvalue weighted by Crippen LogP contribution is -2.59. The summed E-state index contributed by atoms with van der Waals surface area (Å²) in [6.07, 6.45) is 1.76. The first-order valence-corrected chi connectivity index (χ1v) is 14.0. The Morgan fingerprint density at radius 2 is 1.60 bits per heavy atom. The summed E-state index contributed by atoms with van der Waals surface area (Å²) in [7, 11) is 1.58. The number of methoxy groups -OCH3 is 1. The van der Waals surface area contributed by atoms with Crippen LogP contribution in [-0.4, -0.2) is 83.4 Å². The van der Waals surface area contributed by atoms with Gasteiger partial charge in [0.1, 0.15) is 11.4 Å². The summed E-state index contributed by atoms with van der Waals surface area (Å²) in [5.74, 6) is -3.28. The van der Waals surface area contributed by atoms with Gasteiger partial charge < -0.3 is 24.6 Å². The Kier molecular flexibility index (Phi) is 9.18. The summed E-state index contributed by atoms with van der Waals surface area (Å²) in [6.45, 7) is 9.61. The van der Waals surface area contributed by atoms with Crippen molar-refractivity contribution in [1.29, 1.82) is 0 Å². The van der Waals surface area contributed by atoms with Crippen LogP contribution in [0.1, 0.15) is 66.4 Å². The van der Waals surface area contributed by atoms with Gasteiger partial charge in [0.15, 0.2) is 5.78 Å². The van der Waals surface area contributed by atoms with Crippen LogP contribution in [-0.2, 0) is 4.74 Å². The lowest BCUT2D eigenvalue weighted by Gasteiger charge is -2.38. The van der Waals surface area contributed by atoms with Crippen molar-refractivity contribution >= 4 is 23.5 Å². The van der Waals surface area contributed by atoms with Gasteiger partial charge >= 0.3 is 6.09 Å². The Balaban J connectivity index is 1.29. The molecule has 11 heteroatoms. The fraction of sp³-hybridized carbons (Fsp3) is 0.484. The van der Waals surface area contributed by atoms with Gasteiger partial charge in [0.05, 0.1) is 36.7 Å². The number of pyridine rings is 1. The smallest absolute Gasteiger partial charge is 0.410 e. The number of ketones is 1. The van der Waals surface area contributed by atoms with E-state index in [1.54, 1.807) is 58.2 Å². The number of piperidine rings is 2. The summed E-state index contributed by atoms with van der Waals surface area (Å²) in [5, 5.41) is 2.40. The van der Waals surface area contributed by atoms with Gasteiger partial charge in [-0.25, -0.2) is 13.6 Å². The second-order valence-corrected chi connectivity index (χ2v) is 11.7. The largest absolute Gasteiger partial charge is 0.497 e. The second kappa shape index (κ2) is 12.5. The molecule has 0 saturated carbocycles. The molecule has 9 nitrogen and oxygen atoms in total. The third-order valence-electron chi connectivity index (χ3n) is 7.50. The van der Waals surface area contributed by atoms with Gasteiger partial charge in [0.25, 0.3) is 11.8 Å². The van der Waals surface area contributed by atoms with E-state index in [4.69, 9.17) is 9.47 Å². The van der Waals surface area contributed by atoms with E-state index in [9.17, 15) is 23.2 Å². The predicted octanol–water partition coefficient (Wildman–Crippen LogP) is 5.03. The van der Waals surface area contributed by atoms with Crippen LogP contribution >= 0.6 is 0 Å². The van der Waals surface area contributed by atoms with Crippen molar-refractivity contribution in [2.45, 2.75) is 57.6 Å². The number of Topliss-reactive ketones (excluding diaryl/α,β-unsaturated/α-hetero) is 1. The number of amides is 2. The van der Waals surface area contributed by atoms with Gasteiger partial charge in [-0.05, 0) is 76.4 Å². The fourth-order valence-electron chi connectivity index (χ4n) is 5.10. The molecule has 1 N–H and O–H groups in total. The molecule has 2 aliphatic rings. The standard InChI is InChI=1S/C31H38F2N4O5/c1-20(36-15-12-22(13-16-36)27(38)21-6-9-24(41-5)10-7-21)25-11-8-23(18-34-25)28(39)35-26-14-17-37(19-31(26,32)33)29(40)42-30(2,3)4/h6-11,18,22,26H,1,12-17,19H2,2-5H3,(H,35,39). The van der Waals surface area contributed by atoms with E-state index in [1.165, 1.54) is 12.3 Å². The Hall–Kier alpha value is -4.02. The maximum Gasteiger partial charge on any atom is 0.410 e. The molecule has 4 rings (SSSR count). The van der Waals surface area contributed by atoms with Crippen molar-refractivity contribution in [2.75, 3.05) is 33.3 Å².